The number of aryl methyl sites for hydroxylation is 1. The molecule has 0 radical (unpaired) electrons. The maximum Gasteiger partial charge on any atom is 0.264 e. The highest BCUT2D eigenvalue weighted by molar-refractivity contribution is 5.63. The lowest BCUT2D eigenvalue weighted by atomic mass is 10.2. The van der Waals surface area contributed by atoms with E-state index in [-0.39, 0.29) is 5.56 Å². The van der Waals surface area contributed by atoms with Crippen molar-refractivity contribution in [3.8, 4) is 22.9 Å². The van der Waals surface area contributed by atoms with Crippen LogP contribution in [0.5, 0.6) is 11.6 Å². The zero-order valence-electron chi connectivity index (χ0n) is 14.5. The fraction of sp³-hybridized carbons (Fsp3) is 0.333. The topological polar surface area (TPSA) is 106 Å². The van der Waals surface area contributed by atoms with Crippen molar-refractivity contribution in [2.75, 3.05) is 13.7 Å². The molecule has 26 heavy (non-hydrogen) atoms. The number of nitrogens with one attached hydrogen (secondary N) is 2. The molecule has 2 N–H and O–H groups in total. The Morgan fingerprint density at radius 3 is 2.81 bits per heavy atom. The van der Waals surface area contributed by atoms with E-state index < -0.39 is 0 Å². The Morgan fingerprint density at radius 1 is 1.23 bits per heavy atom. The van der Waals surface area contributed by atoms with Crippen LogP contribution in [-0.4, -0.2) is 38.9 Å². The summed E-state index contributed by atoms with van der Waals surface area (Å²) in [5, 5.41) is 5.32. The molecule has 134 valence electrons. The monoisotopic (exact) mass is 353 g/mol. The van der Waals surface area contributed by atoms with E-state index in [0.717, 1.165) is 17.9 Å². The molecule has 1 saturated carbocycles. The van der Waals surface area contributed by atoms with Crippen molar-refractivity contribution >= 4 is 0 Å². The van der Waals surface area contributed by atoms with Crippen LogP contribution in [0.3, 0.4) is 0 Å². The number of pyridine rings is 1. The first-order chi connectivity index (χ1) is 12.6. The van der Waals surface area contributed by atoms with Crippen molar-refractivity contribution in [3.05, 3.63) is 52.5 Å². The van der Waals surface area contributed by atoms with Crippen molar-refractivity contribution in [1.82, 2.24) is 25.1 Å². The van der Waals surface area contributed by atoms with Gasteiger partial charge < -0.3 is 9.47 Å². The van der Waals surface area contributed by atoms with Crippen LogP contribution in [0, 0.1) is 12.8 Å². The van der Waals surface area contributed by atoms with Gasteiger partial charge in [-0.15, -0.1) is 0 Å². The lowest BCUT2D eigenvalue weighted by Crippen LogP contribution is -2.05. The van der Waals surface area contributed by atoms with Gasteiger partial charge in [-0.1, -0.05) is 0 Å². The predicted molar refractivity (Wildman–Crippen MR) is 94.3 cm³/mol. The highest BCUT2D eigenvalue weighted by Crippen LogP contribution is 2.47. The molecule has 0 unspecified atom stereocenters. The van der Waals surface area contributed by atoms with Gasteiger partial charge in [0.05, 0.1) is 31.2 Å². The molecule has 3 aromatic heterocycles. The molecule has 0 spiro atoms. The molecule has 0 aliphatic heterocycles. The Hall–Kier alpha value is -3.16. The molecule has 0 saturated heterocycles. The van der Waals surface area contributed by atoms with Gasteiger partial charge in [0.2, 0.25) is 5.88 Å². The van der Waals surface area contributed by atoms with E-state index in [1.54, 1.807) is 26.4 Å². The normalized spacial score (nSPS) is 18.5. The summed E-state index contributed by atoms with van der Waals surface area (Å²) in [5.41, 5.74) is 2.11. The molecule has 1 fully saturated rings. The quantitative estimate of drug-likeness (QED) is 0.703. The fourth-order valence-electron chi connectivity index (χ4n) is 2.93. The second kappa shape index (κ2) is 6.62. The Morgan fingerprint density at radius 2 is 2.12 bits per heavy atom. The van der Waals surface area contributed by atoms with E-state index in [2.05, 4.69) is 25.1 Å². The highest BCUT2D eigenvalue weighted by Gasteiger charge is 2.40. The van der Waals surface area contributed by atoms with Crippen molar-refractivity contribution in [3.63, 3.8) is 0 Å². The van der Waals surface area contributed by atoms with Gasteiger partial charge in [0.25, 0.3) is 5.56 Å². The maximum atomic E-state index is 11.4. The van der Waals surface area contributed by atoms with Crippen LogP contribution in [0.4, 0.5) is 0 Å². The molecule has 1 aliphatic carbocycles. The SMILES string of the molecule is COc1ccc([C@H]2C[C@@H]2COc2nc(C)ncc2-c2cc(=O)[nH][nH]2)nc1. The molecule has 3 aromatic rings. The van der Waals surface area contributed by atoms with E-state index in [1.807, 2.05) is 12.1 Å². The second-order valence-corrected chi connectivity index (χ2v) is 6.34. The molecule has 0 aromatic carbocycles. The van der Waals surface area contributed by atoms with Gasteiger partial charge >= 0.3 is 0 Å². The summed E-state index contributed by atoms with van der Waals surface area (Å²) in [6.07, 6.45) is 4.42. The van der Waals surface area contributed by atoms with Gasteiger partial charge in [-0.2, -0.15) is 4.98 Å². The smallest absolute Gasteiger partial charge is 0.264 e. The summed E-state index contributed by atoms with van der Waals surface area (Å²) in [6, 6.07) is 5.38. The van der Waals surface area contributed by atoms with Crippen LogP contribution in [0.25, 0.3) is 11.3 Å². The lowest BCUT2D eigenvalue weighted by molar-refractivity contribution is 0.285. The standard InChI is InChI=1S/C18H19N5O3/c1-10-19-8-14(16-6-17(24)23-22-16)18(21-10)26-9-11-5-13(11)15-4-3-12(25-2)7-20-15/h3-4,6-8,11,13H,5,9H2,1-2H3,(H2,22,23,24)/t11-,13+/m1/s1. The highest BCUT2D eigenvalue weighted by atomic mass is 16.5. The number of rotatable bonds is 6. The van der Waals surface area contributed by atoms with E-state index >= 15 is 0 Å². The minimum Gasteiger partial charge on any atom is -0.495 e. The average molecular weight is 353 g/mol. The number of aromatic amines is 2. The summed E-state index contributed by atoms with van der Waals surface area (Å²) in [4.78, 5) is 24.4. The number of nitrogens with zero attached hydrogens (tertiary/aromatic N) is 3. The van der Waals surface area contributed by atoms with Crippen LogP contribution >= 0.6 is 0 Å². The number of hydrogen-bond acceptors (Lipinski definition) is 6. The van der Waals surface area contributed by atoms with E-state index in [0.29, 0.717) is 41.4 Å². The molecule has 1 aliphatic rings. The third kappa shape index (κ3) is 3.30. The van der Waals surface area contributed by atoms with Crippen molar-refractivity contribution < 1.29 is 9.47 Å². The minimum absolute atomic E-state index is 0.209. The lowest BCUT2D eigenvalue weighted by Gasteiger charge is -2.09. The van der Waals surface area contributed by atoms with Gasteiger partial charge in [-0.25, -0.2) is 4.98 Å². The van der Waals surface area contributed by atoms with Crippen LogP contribution in [0.2, 0.25) is 0 Å². The van der Waals surface area contributed by atoms with Crippen molar-refractivity contribution in [2.24, 2.45) is 5.92 Å². The zero-order valence-corrected chi connectivity index (χ0v) is 14.5. The predicted octanol–water partition coefficient (Wildman–Crippen LogP) is 2.05. The zero-order chi connectivity index (χ0) is 18.1. The number of methoxy groups -OCH3 is 1. The molecule has 0 amide bonds. The molecule has 3 heterocycles. The second-order valence-electron chi connectivity index (χ2n) is 6.34. The number of ether oxygens (including phenoxy) is 2. The average Bonchev–Trinajstić information content (AvgIpc) is 3.31. The van der Waals surface area contributed by atoms with Crippen molar-refractivity contribution in [1.29, 1.82) is 0 Å². The van der Waals surface area contributed by atoms with Crippen LogP contribution in [-0.2, 0) is 0 Å². The molecule has 8 nitrogen and oxygen atoms in total. The van der Waals surface area contributed by atoms with E-state index in [9.17, 15) is 4.79 Å². The molecule has 4 rings (SSSR count). The molecular formula is C18H19N5O3. The minimum atomic E-state index is -0.209. The Labute approximate surface area is 149 Å². The van der Waals surface area contributed by atoms with E-state index in [1.165, 1.54) is 6.07 Å². The summed E-state index contributed by atoms with van der Waals surface area (Å²) in [7, 11) is 1.63. The van der Waals surface area contributed by atoms with Crippen LogP contribution in [0.1, 0.15) is 23.9 Å². The molecule has 8 heteroatoms. The number of hydrogen-bond donors (Lipinski definition) is 2. The summed E-state index contributed by atoms with van der Waals surface area (Å²) >= 11 is 0. The first-order valence-corrected chi connectivity index (χ1v) is 8.38. The van der Waals surface area contributed by atoms with Gasteiger partial charge in [-0.05, 0) is 25.5 Å². The molecular weight excluding hydrogens is 334 g/mol. The number of aromatic nitrogens is 5. The summed E-state index contributed by atoms with van der Waals surface area (Å²) in [6.45, 7) is 2.34. The summed E-state index contributed by atoms with van der Waals surface area (Å²) < 4.78 is 11.1. The summed E-state index contributed by atoms with van der Waals surface area (Å²) in [5.74, 6) is 2.62. The third-order valence-electron chi connectivity index (χ3n) is 4.49. The maximum absolute atomic E-state index is 11.4. The van der Waals surface area contributed by atoms with Crippen molar-refractivity contribution in [2.45, 2.75) is 19.3 Å². The largest absolute Gasteiger partial charge is 0.495 e. The third-order valence-corrected chi connectivity index (χ3v) is 4.49. The Balaban J connectivity index is 1.45. The molecule has 0 bridgehead atoms. The Kier molecular flexibility index (Phi) is 4.16. The van der Waals surface area contributed by atoms with Gasteiger partial charge in [0.15, 0.2) is 0 Å². The first-order valence-electron chi connectivity index (χ1n) is 8.38. The Bertz CT molecular complexity index is 963. The van der Waals surface area contributed by atoms with Crippen LogP contribution in [0.15, 0.2) is 35.4 Å². The number of H-pyrrole nitrogens is 2. The fourth-order valence-corrected chi connectivity index (χ4v) is 2.93. The van der Waals surface area contributed by atoms with E-state index in [4.69, 9.17) is 9.47 Å². The van der Waals surface area contributed by atoms with Crippen LogP contribution < -0.4 is 15.0 Å². The van der Waals surface area contributed by atoms with Gasteiger partial charge in [-0.3, -0.25) is 20.0 Å². The van der Waals surface area contributed by atoms with Gasteiger partial charge in [0.1, 0.15) is 11.6 Å². The van der Waals surface area contributed by atoms with Gasteiger partial charge in [0, 0.05) is 29.8 Å². The molecule has 2 atom stereocenters. The first kappa shape index (κ1) is 16.3.